The monoisotopic (exact) mass is 111 g/mol. The SMILES string of the molecule is C=C1[CH-]CCCC1O. The van der Waals surface area contributed by atoms with E-state index in [1.165, 1.54) is 0 Å². The first kappa shape index (κ1) is 5.70. The highest BCUT2D eigenvalue weighted by Crippen LogP contribution is 2.20. The maximum absolute atomic E-state index is 9.05. The molecule has 1 nitrogen and oxygen atoms in total. The van der Waals surface area contributed by atoms with Gasteiger partial charge in [0.15, 0.2) is 0 Å². The van der Waals surface area contributed by atoms with Crippen LogP contribution in [0, 0.1) is 6.42 Å². The quantitative estimate of drug-likeness (QED) is 0.467. The van der Waals surface area contributed by atoms with Gasteiger partial charge in [0.05, 0.1) is 0 Å². The average Bonchev–Trinajstić information content (AvgIpc) is 1.77. The number of rotatable bonds is 0. The molecule has 0 radical (unpaired) electrons. The van der Waals surface area contributed by atoms with Crippen molar-refractivity contribution in [1.29, 1.82) is 0 Å². The molecule has 0 aliphatic heterocycles. The van der Waals surface area contributed by atoms with E-state index in [-0.39, 0.29) is 6.10 Å². The van der Waals surface area contributed by atoms with Crippen molar-refractivity contribution in [3.05, 3.63) is 18.6 Å². The number of hydrogen-bond acceptors (Lipinski definition) is 1. The molecule has 1 atom stereocenters. The molecule has 0 bridgehead atoms. The highest BCUT2D eigenvalue weighted by Gasteiger charge is 2.05. The minimum Gasteiger partial charge on any atom is -0.392 e. The van der Waals surface area contributed by atoms with Crippen LogP contribution in [0.1, 0.15) is 19.3 Å². The molecular formula is C7H11O-. The minimum absolute atomic E-state index is 0.247. The molecule has 1 aliphatic carbocycles. The Hall–Kier alpha value is -0.430. The molecule has 0 saturated heterocycles. The lowest BCUT2D eigenvalue weighted by Gasteiger charge is -2.25. The summed E-state index contributed by atoms with van der Waals surface area (Å²) in [6, 6.07) is 0. The topological polar surface area (TPSA) is 20.2 Å². The zero-order chi connectivity index (χ0) is 5.98. The third-order valence-corrected chi connectivity index (χ3v) is 1.52. The first-order valence-corrected chi connectivity index (χ1v) is 3.01. The van der Waals surface area contributed by atoms with Gasteiger partial charge in [0, 0.05) is 6.10 Å². The molecule has 1 fully saturated rings. The van der Waals surface area contributed by atoms with Gasteiger partial charge in [-0.05, 0) is 6.42 Å². The smallest absolute Gasteiger partial charge is 0.0462 e. The van der Waals surface area contributed by atoms with E-state index in [2.05, 4.69) is 6.58 Å². The highest BCUT2D eigenvalue weighted by molar-refractivity contribution is 5.15. The van der Waals surface area contributed by atoms with Crippen LogP contribution in [0.3, 0.4) is 0 Å². The molecule has 1 rings (SSSR count). The van der Waals surface area contributed by atoms with Gasteiger partial charge in [0.2, 0.25) is 0 Å². The summed E-state index contributed by atoms with van der Waals surface area (Å²) >= 11 is 0. The summed E-state index contributed by atoms with van der Waals surface area (Å²) in [5.41, 5.74) is 0.899. The Kier molecular flexibility index (Phi) is 1.59. The summed E-state index contributed by atoms with van der Waals surface area (Å²) in [7, 11) is 0. The predicted octanol–water partition coefficient (Wildman–Crippen LogP) is 1.29. The summed E-state index contributed by atoms with van der Waals surface area (Å²) in [6.07, 6.45) is 4.86. The van der Waals surface area contributed by atoms with Crippen molar-refractivity contribution in [2.24, 2.45) is 0 Å². The number of hydrogen-bond donors (Lipinski definition) is 1. The Morgan fingerprint density at radius 2 is 2.50 bits per heavy atom. The van der Waals surface area contributed by atoms with Gasteiger partial charge < -0.3 is 5.11 Å². The molecule has 46 valence electrons. The Bertz CT molecular complexity index is 96.6. The lowest BCUT2D eigenvalue weighted by molar-refractivity contribution is 0.190. The standard InChI is InChI=1S/C7H11O/c1-6-4-2-3-5-7(6)8/h4,7-8H,1-3,5H2/q-1. The number of aliphatic hydroxyl groups excluding tert-OH is 1. The second-order valence-corrected chi connectivity index (χ2v) is 2.23. The predicted molar refractivity (Wildman–Crippen MR) is 33.3 cm³/mol. The van der Waals surface area contributed by atoms with E-state index < -0.39 is 0 Å². The second kappa shape index (κ2) is 2.23. The van der Waals surface area contributed by atoms with E-state index >= 15 is 0 Å². The van der Waals surface area contributed by atoms with Crippen LogP contribution < -0.4 is 0 Å². The van der Waals surface area contributed by atoms with Gasteiger partial charge in [-0.15, -0.1) is 6.42 Å². The Morgan fingerprint density at radius 3 is 2.88 bits per heavy atom. The van der Waals surface area contributed by atoms with Crippen molar-refractivity contribution in [2.45, 2.75) is 25.4 Å². The maximum Gasteiger partial charge on any atom is 0.0462 e. The summed E-state index contributed by atoms with van der Waals surface area (Å²) < 4.78 is 0. The van der Waals surface area contributed by atoms with E-state index in [0.29, 0.717) is 0 Å². The average molecular weight is 111 g/mol. The molecule has 0 heterocycles. The largest absolute Gasteiger partial charge is 0.392 e. The zero-order valence-corrected chi connectivity index (χ0v) is 4.93. The fraction of sp³-hybridized carbons (Fsp3) is 0.571. The van der Waals surface area contributed by atoms with Crippen LogP contribution in [-0.4, -0.2) is 11.2 Å². The fourth-order valence-corrected chi connectivity index (χ4v) is 0.920. The zero-order valence-electron chi connectivity index (χ0n) is 4.93. The van der Waals surface area contributed by atoms with Gasteiger partial charge in [0.25, 0.3) is 0 Å². The summed E-state index contributed by atoms with van der Waals surface area (Å²) in [6.45, 7) is 3.69. The van der Waals surface area contributed by atoms with Crippen LogP contribution in [0.4, 0.5) is 0 Å². The van der Waals surface area contributed by atoms with Crippen LogP contribution in [0.5, 0.6) is 0 Å². The molecule has 0 spiro atoms. The van der Waals surface area contributed by atoms with Gasteiger partial charge >= 0.3 is 0 Å². The summed E-state index contributed by atoms with van der Waals surface area (Å²) in [5, 5.41) is 9.05. The third kappa shape index (κ3) is 1.04. The van der Waals surface area contributed by atoms with E-state index in [9.17, 15) is 0 Å². The number of aliphatic hydroxyl groups is 1. The normalized spacial score (nSPS) is 29.6. The van der Waals surface area contributed by atoms with Gasteiger partial charge in [-0.1, -0.05) is 6.42 Å². The van der Waals surface area contributed by atoms with Crippen LogP contribution in [0.15, 0.2) is 12.2 Å². The van der Waals surface area contributed by atoms with Crippen LogP contribution in [0.25, 0.3) is 0 Å². The highest BCUT2D eigenvalue weighted by atomic mass is 16.3. The van der Waals surface area contributed by atoms with Gasteiger partial charge in [-0.3, -0.25) is 0 Å². The summed E-state index contributed by atoms with van der Waals surface area (Å²) in [4.78, 5) is 0. The molecule has 0 aromatic heterocycles. The van der Waals surface area contributed by atoms with Gasteiger partial charge in [-0.2, -0.15) is 5.57 Å². The van der Waals surface area contributed by atoms with Crippen molar-refractivity contribution in [3.8, 4) is 0 Å². The molecule has 8 heavy (non-hydrogen) atoms. The molecule has 1 heteroatoms. The van der Waals surface area contributed by atoms with Crippen molar-refractivity contribution in [3.63, 3.8) is 0 Å². The Balaban J connectivity index is 2.39. The van der Waals surface area contributed by atoms with E-state index in [1.54, 1.807) is 0 Å². The van der Waals surface area contributed by atoms with Crippen LogP contribution in [-0.2, 0) is 0 Å². The first-order valence-electron chi connectivity index (χ1n) is 3.01. The van der Waals surface area contributed by atoms with E-state index in [1.807, 2.05) is 6.42 Å². The van der Waals surface area contributed by atoms with Crippen LogP contribution >= 0.6 is 0 Å². The molecule has 1 unspecified atom stereocenters. The van der Waals surface area contributed by atoms with E-state index in [4.69, 9.17) is 5.11 Å². The molecule has 1 N–H and O–H groups in total. The molecular weight excluding hydrogens is 100 g/mol. The van der Waals surface area contributed by atoms with Crippen LogP contribution in [0.2, 0.25) is 0 Å². The minimum atomic E-state index is -0.247. The second-order valence-electron chi connectivity index (χ2n) is 2.23. The van der Waals surface area contributed by atoms with Gasteiger partial charge in [0.1, 0.15) is 0 Å². The summed E-state index contributed by atoms with van der Waals surface area (Å²) in [5.74, 6) is 0. The Labute approximate surface area is 50.0 Å². The molecule has 0 amide bonds. The van der Waals surface area contributed by atoms with E-state index in [0.717, 1.165) is 24.8 Å². The third-order valence-electron chi connectivity index (χ3n) is 1.52. The first-order chi connectivity index (χ1) is 3.80. The molecule has 0 aromatic rings. The van der Waals surface area contributed by atoms with Crippen molar-refractivity contribution < 1.29 is 5.11 Å². The lowest BCUT2D eigenvalue weighted by Crippen LogP contribution is -2.13. The molecule has 1 saturated carbocycles. The molecule has 1 aliphatic rings. The Morgan fingerprint density at radius 1 is 1.75 bits per heavy atom. The van der Waals surface area contributed by atoms with Gasteiger partial charge in [-0.25, -0.2) is 13.0 Å². The fourth-order valence-electron chi connectivity index (χ4n) is 0.920. The van der Waals surface area contributed by atoms with Crippen molar-refractivity contribution in [2.75, 3.05) is 0 Å². The lowest BCUT2D eigenvalue weighted by atomic mass is 9.94. The maximum atomic E-state index is 9.05. The van der Waals surface area contributed by atoms with Crippen molar-refractivity contribution >= 4 is 0 Å². The molecule has 0 aromatic carbocycles. The van der Waals surface area contributed by atoms with Crippen molar-refractivity contribution in [1.82, 2.24) is 0 Å².